The molecule has 1 aromatic rings. The molecular weight excluding hydrogens is 300 g/mol. The lowest BCUT2D eigenvalue weighted by Gasteiger charge is -2.42. The number of amides is 2. The smallest absolute Gasteiger partial charge is 0.320 e. The number of carbonyl (C=O) groups is 2. The van der Waals surface area contributed by atoms with E-state index in [0.717, 1.165) is 18.6 Å². The highest BCUT2D eigenvalue weighted by Gasteiger charge is 2.34. The molecule has 23 heavy (non-hydrogen) atoms. The monoisotopic (exact) mass is 324 g/mol. The number of carboxylic acids is 1. The van der Waals surface area contributed by atoms with Crippen LogP contribution in [0.2, 0.25) is 0 Å². The van der Waals surface area contributed by atoms with E-state index in [0.29, 0.717) is 12.4 Å². The lowest BCUT2D eigenvalue weighted by Crippen LogP contribution is -2.55. The summed E-state index contributed by atoms with van der Waals surface area (Å²) in [6.45, 7) is 6.63. The summed E-state index contributed by atoms with van der Waals surface area (Å²) in [6.07, 6.45) is 1.51. The van der Waals surface area contributed by atoms with Crippen LogP contribution >= 0.6 is 0 Å². The Hall–Kier alpha value is -2.09. The third kappa shape index (κ3) is 4.69. The molecule has 0 unspecified atom stereocenters. The lowest BCUT2D eigenvalue weighted by molar-refractivity contribution is -0.139. The molecule has 1 fully saturated rings. The molecule has 0 aliphatic heterocycles. The lowest BCUT2D eigenvalue weighted by atomic mass is 9.85. The molecular formula is C15H24N4O4. The Morgan fingerprint density at radius 3 is 2.70 bits per heavy atom. The Kier molecular flexibility index (Phi) is 5.59. The van der Waals surface area contributed by atoms with Crippen LogP contribution in [-0.2, 0) is 4.79 Å². The molecule has 1 aliphatic carbocycles. The van der Waals surface area contributed by atoms with E-state index in [4.69, 9.17) is 9.63 Å². The van der Waals surface area contributed by atoms with Crippen LogP contribution in [0.5, 0.6) is 0 Å². The maximum atomic E-state index is 11.9. The first-order valence-electron chi connectivity index (χ1n) is 7.89. The average molecular weight is 324 g/mol. The molecule has 0 atom stereocenters. The van der Waals surface area contributed by atoms with Gasteiger partial charge in [-0.25, -0.2) is 4.79 Å². The fourth-order valence-corrected chi connectivity index (χ4v) is 2.63. The van der Waals surface area contributed by atoms with Gasteiger partial charge in [0.1, 0.15) is 5.76 Å². The van der Waals surface area contributed by atoms with Gasteiger partial charge in [-0.15, -0.1) is 0 Å². The number of carbonyl (C=O) groups excluding carboxylic acids is 1. The second-order valence-corrected chi connectivity index (χ2v) is 6.15. The zero-order valence-electron chi connectivity index (χ0n) is 13.7. The van der Waals surface area contributed by atoms with Gasteiger partial charge in [0, 0.05) is 24.1 Å². The molecule has 1 aromatic heterocycles. The van der Waals surface area contributed by atoms with Crippen LogP contribution in [0.1, 0.15) is 45.3 Å². The van der Waals surface area contributed by atoms with Gasteiger partial charge in [-0.3, -0.25) is 15.0 Å². The van der Waals surface area contributed by atoms with Crippen molar-refractivity contribution in [3.63, 3.8) is 0 Å². The Bertz CT molecular complexity index is 551. The summed E-state index contributed by atoms with van der Waals surface area (Å²) in [7, 11) is 0. The molecule has 1 aliphatic rings. The molecule has 0 aromatic carbocycles. The zero-order valence-corrected chi connectivity index (χ0v) is 13.7. The number of aromatic nitrogens is 1. The highest BCUT2D eigenvalue weighted by Crippen LogP contribution is 2.25. The van der Waals surface area contributed by atoms with Gasteiger partial charge in [-0.05, 0) is 19.4 Å². The van der Waals surface area contributed by atoms with E-state index in [1.807, 2.05) is 25.7 Å². The number of likely N-dealkylation sites (N-methyl/N-ethyl adjacent to an activating group) is 1. The number of anilines is 1. The molecule has 0 spiro atoms. The number of hydrogen-bond donors (Lipinski definition) is 3. The maximum Gasteiger partial charge on any atom is 0.320 e. The van der Waals surface area contributed by atoms with Gasteiger partial charge in [0.25, 0.3) is 0 Å². The first-order valence-corrected chi connectivity index (χ1v) is 7.89. The Labute approximate surface area is 135 Å². The summed E-state index contributed by atoms with van der Waals surface area (Å²) in [6, 6.07) is 1.65. The van der Waals surface area contributed by atoms with Crippen LogP contribution in [0.3, 0.4) is 0 Å². The first-order chi connectivity index (χ1) is 10.9. The summed E-state index contributed by atoms with van der Waals surface area (Å²) in [5.41, 5.74) is 0. The van der Waals surface area contributed by atoms with Gasteiger partial charge in [-0.1, -0.05) is 25.9 Å². The summed E-state index contributed by atoms with van der Waals surface area (Å²) < 4.78 is 5.12. The van der Waals surface area contributed by atoms with Crippen molar-refractivity contribution in [3.8, 4) is 0 Å². The van der Waals surface area contributed by atoms with Gasteiger partial charge in [0.05, 0.1) is 6.54 Å². The van der Waals surface area contributed by atoms with Crippen LogP contribution in [0.25, 0.3) is 0 Å². The molecule has 128 valence electrons. The van der Waals surface area contributed by atoms with E-state index in [1.54, 1.807) is 6.07 Å². The summed E-state index contributed by atoms with van der Waals surface area (Å²) in [5, 5.41) is 18.2. The number of nitrogens with zero attached hydrogens (tertiary/aromatic N) is 2. The van der Waals surface area contributed by atoms with Gasteiger partial charge >= 0.3 is 12.0 Å². The van der Waals surface area contributed by atoms with Crippen molar-refractivity contribution < 1.29 is 19.2 Å². The SMILES string of the molecule is CCN(CC(=O)O)C1CC(NC(=O)Nc2cc(C(C)C)on2)C1. The van der Waals surface area contributed by atoms with E-state index in [9.17, 15) is 9.59 Å². The fourth-order valence-electron chi connectivity index (χ4n) is 2.63. The molecule has 0 saturated heterocycles. The summed E-state index contributed by atoms with van der Waals surface area (Å²) >= 11 is 0. The van der Waals surface area contributed by atoms with Crippen LogP contribution in [0.15, 0.2) is 10.6 Å². The van der Waals surface area contributed by atoms with E-state index in [-0.39, 0.29) is 30.6 Å². The molecule has 0 radical (unpaired) electrons. The standard InChI is InChI=1S/C15H24N4O4/c1-4-19(8-14(20)21)11-5-10(6-11)16-15(22)17-13-7-12(9(2)3)23-18-13/h7,9-11H,4-6,8H2,1-3H3,(H,20,21)(H2,16,17,18,22). The van der Waals surface area contributed by atoms with Gasteiger partial charge in [0.2, 0.25) is 0 Å². The first kappa shape index (κ1) is 17.3. The minimum absolute atomic E-state index is 0.0387. The van der Waals surface area contributed by atoms with Crippen LogP contribution < -0.4 is 10.6 Å². The van der Waals surface area contributed by atoms with E-state index in [1.165, 1.54) is 0 Å². The molecule has 8 nitrogen and oxygen atoms in total. The predicted molar refractivity (Wildman–Crippen MR) is 84.4 cm³/mol. The Morgan fingerprint density at radius 1 is 1.48 bits per heavy atom. The molecule has 3 N–H and O–H groups in total. The van der Waals surface area contributed by atoms with Crippen LogP contribution in [0, 0.1) is 0 Å². The number of rotatable bonds is 7. The number of nitrogens with one attached hydrogen (secondary N) is 2. The number of hydrogen-bond acceptors (Lipinski definition) is 5. The second kappa shape index (κ2) is 7.45. The third-order valence-corrected chi connectivity index (χ3v) is 4.05. The molecule has 0 bridgehead atoms. The molecule has 8 heteroatoms. The molecule has 1 saturated carbocycles. The summed E-state index contributed by atoms with van der Waals surface area (Å²) in [4.78, 5) is 24.6. The van der Waals surface area contributed by atoms with Crippen LogP contribution in [-0.4, -0.2) is 52.3 Å². The number of aliphatic carboxylic acids is 1. The normalized spacial score (nSPS) is 20.4. The number of urea groups is 1. The van der Waals surface area contributed by atoms with Crippen molar-refractivity contribution in [2.45, 2.75) is 51.6 Å². The largest absolute Gasteiger partial charge is 0.480 e. The summed E-state index contributed by atoms with van der Waals surface area (Å²) in [5.74, 6) is 0.496. The van der Waals surface area contributed by atoms with Crippen molar-refractivity contribution in [2.24, 2.45) is 0 Å². The quantitative estimate of drug-likeness (QED) is 0.706. The minimum Gasteiger partial charge on any atom is -0.480 e. The second-order valence-electron chi connectivity index (χ2n) is 6.15. The van der Waals surface area contributed by atoms with Crippen molar-refractivity contribution in [1.82, 2.24) is 15.4 Å². The maximum absolute atomic E-state index is 11.9. The van der Waals surface area contributed by atoms with Gasteiger partial charge in [0.15, 0.2) is 5.82 Å². The highest BCUT2D eigenvalue weighted by molar-refractivity contribution is 5.88. The van der Waals surface area contributed by atoms with Crippen molar-refractivity contribution in [2.75, 3.05) is 18.4 Å². The van der Waals surface area contributed by atoms with E-state index >= 15 is 0 Å². The van der Waals surface area contributed by atoms with Gasteiger partial charge < -0.3 is 14.9 Å². The van der Waals surface area contributed by atoms with E-state index < -0.39 is 5.97 Å². The molecule has 1 heterocycles. The predicted octanol–water partition coefficient (Wildman–Crippen LogP) is 1.86. The third-order valence-electron chi connectivity index (χ3n) is 4.05. The Morgan fingerprint density at radius 2 is 2.17 bits per heavy atom. The van der Waals surface area contributed by atoms with Crippen molar-refractivity contribution >= 4 is 17.8 Å². The highest BCUT2D eigenvalue weighted by atomic mass is 16.5. The van der Waals surface area contributed by atoms with E-state index in [2.05, 4.69) is 15.8 Å². The van der Waals surface area contributed by atoms with Crippen molar-refractivity contribution in [1.29, 1.82) is 0 Å². The zero-order chi connectivity index (χ0) is 17.0. The topological polar surface area (TPSA) is 108 Å². The van der Waals surface area contributed by atoms with Gasteiger partial charge in [-0.2, -0.15) is 0 Å². The average Bonchev–Trinajstić information content (AvgIpc) is 2.88. The molecule has 2 amide bonds. The minimum atomic E-state index is -0.826. The molecule has 2 rings (SSSR count). The van der Waals surface area contributed by atoms with Crippen LogP contribution in [0.4, 0.5) is 10.6 Å². The number of carboxylic acid groups (broad SMARTS) is 1. The van der Waals surface area contributed by atoms with Crippen molar-refractivity contribution in [3.05, 3.63) is 11.8 Å². The Balaban J connectivity index is 1.74. The fraction of sp³-hybridized carbons (Fsp3) is 0.667.